The Morgan fingerprint density at radius 1 is 1.47 bits per heavy atom. The Labute approximate surface area is 99.0 Å². The molecule has 5 heteroatoms. The Bertz CT molecular complexity index is 396. The summed E-state index contributed by atoms with van der Waals surface area (Å²) < 4.78 is 25.9. The van der Waals surface area contributed by atoms with Gasteiger partial charge in [-0.2, -0.15) is 0 Å². The summed E-state index contributed by atoms with van der Waals surface area (Å²) in [5.41, 5.74) is 5.20. The van der Waals surface area contributed by atoms with Crippen molar-refractivity contribution in [3.8, 4) is 0 Å². The summed E-state index contributed by atoms with van der Waals surface area (Å²) in [6.07, 6.45) is 1.51. The highest BCUT2D eigenvalue weighted by Gasteiger charge is 2.14. The van der Waals surface area contributed by atoms with Gasteiger partial charge in [0.2, 0.25) is 0 Å². The van der Waals surface area contributed by atoms with Gasteiger partial charge in [0.15, 0.2) is 0 Å². The highest BCUT2D eigenvalue weighted by Crippen LogP contribution is 2.10. The molecule has 0 fully saturated rings. The van der Waals surface area contributed by atoms with E-state index in [-0.39, 0.29) is 11.6 Å². The number of hydrogen-bond donors (Lipinski definition) is 2. The van der Waals surface area contributed by atoms with Gasteiger partial charge in [-0.05, 0) is 38.4 Å². The van der Waals surface area contributed by atoms with Gasteiger partial charge in [0, 0.05) is 12.1 Å². The fourth-order valence-electron chi connectivity index (χ4n) is 1.47. The molecule has 17 heavy (non-hydrogen) atoms. The molecule has 0 saturated carbocycles. The van der Waals surface area contributed by atoms with Crippen LogP contribution >= 0.6 is 0 Å². The van der Waals surface area contributed by atoms with E-state index in [1.165, 1.54) is 0 Å². The van der Waals surface area contributed by atoms with Crippen LogP contribution in [0.5, 0.6) is 0 Å². The van der Waals surface area contributed by atoms with Crippen molar-refractivity contribution in [1.82, 2.24) is 5.32 Å². The zero-order valence-electron chi connectivity index (χ0n) is 9.67. The van der Waals surface area contributed by atoms with Gasteiger partial charge in [0.25, 0.3) is 5.91 Å². The number of amides is 1. The second-order valence-electron chi connectivity index (χ2n) is 3.93. The highest BCUT2D eigenvalue weighted by atomic mass is 19.1. The lowest BCUT2D eigenvalue weighted by Crippen LogP contribution is -2.33. The smallest absolute Gasteiger partial charge is 0.254 e. The number of carbonyl (C=O) groups is 1. The Balaban J connectivity index is 2.63. The van der Waals surface area contributed by atoms with Crippen LogP contribution in [-0.4, -0.2) is 18.5 Å². The first-order valence-corrected chi connectivity index (χ1v) is 5.50. The summed E-state index contributed by atoms with van der Waals surface area (Å²) in [6, 6.07) is 2.80. The second kappa shape index (κ2) is 6.30. The standard InChI is InChI=1S/C12H16F2N2O/c1-8(3-2-6-15)16-12(17)10-5-4-9(13)7-11(10)14/h4-5,7-8H,2-3,6,15H2,1H3,(H,16,17). The molecule has 0 aliphatic rings. The van der Waals surface area contributed by atoms with Crippen LogP contribution in [0.1, 0.15) is 30.1 Å². The van der Waals surface area contributed by atoms with Gasteiger partial charge >= 0.3 is 0 Å². The van der Waals surface area contributed by atoms with Gasteiger partial charge in [-0.15, -0.1) is 0 Å². The summed E-state index contributed by atoms with van der Waals surface area (Å²) in [7, 11) is 0. The van der Waals surface area contributed by atoms with E-state index in [0.29, 0.717) is 12.6 Å². The predicted molar refractivity (Wildman–Crippen MR) is 61.6 cm³/mol. The molecule has 1 rings (SSSR count). The third-order valence-corrected chi connectivity index (χ3v) is 2.39. The van der Waals surface area contributed by atoms with Gasteiger partial charge in [0.05, 0.1) is 5.56 Å². The molecule has 0 heterocycles. The minimum Gasteiger partial charge on any atom is -0.349 e. The molecule has 0 radical (unpaired) electrons. The summed E-state index contributed by atoms with van der Waals surface area (Å²) in [5, 5.41) is 2.63. The number of benzene rings is 1. The van der Waals surface area contributed by atoms with Crippen LogP contribution in [0.2, 0.25) is 0 Å². The van der Waals surface area contributed by atoms with Crippen LogP contribution in [0.4, 0.5) is 8.78 Å². The maximum Gasteiger partial charge on any atom is 0.254 e. The van der Waals surface area contributed by atoms with Gasteiger partial charge < -0.3 is 11.1 Å². The molecular weight excluding hydrogens is 226 g/mol. The molecule has 0 saturated heterocycles. The number of halogens is 2. The summed E-state index contributed by atoms with van der Waals surface area (Å²) >= 11 is 0. The second-order valence-corrected chi connectivity index (χ2v) is 3.93. The number of hydrogen-bond acceptors (Lipinski definition) is 2. The first kappa shape index (κ1) is 13.6. The first-order valence-electron chi connectivity index (χ1n) is 5.50. The Morgan fingerprint density at radius 3 is 2.76 bits per heavy atom. The molecule has 3 nitrogen and oxygen atoms in total. The molecule has 94 valence electrons. The van der Waals surface area contributed by atoms with Gasteiger partial charge in [-0.25, -0.2) is 8.78 Å². The van der Waals surface area contributed by atoms with Gasteiger partial charge in [-0.1, -0.05) is 0 Å². The zero-order valence-corrected chi connectivity index (χ0v) is 9.67. The first-order chi connectivity index (χ1) is 8.04. The van der Waals surface area contributed by atoms with Crippen LogP contribution in [0, 0.1) is 11.6 Å². The fourth-order valence-corrected chi connectivity index (χ4v) is 1.47. The quantitative estimate of drug-likeness (QED) is 0.827. The Morgan fingerprint density at radius 2 is 2.18 bits per heavy atom. The van der Waals surface area contributed by atoms with Crippen molar-refractivity contribution in [1.29, 1.82) is 0 Å². The van der Waals surface area contributed by atoms with Crippen molar-refractivity contribution in [2.45, 2.75) is 25.8 Å². The van der Waals surface area contributed by atoms with E-state index in [0.717, 1.165) is 25.0 Å². The summed E-state index contributed by atoms with van der Waals surface area (Å²) in [5.74, 6) is -2.09. The predicted octanol–water partition coefficient (Wildman–Crippen LogP) is 1.82. The largest absolute Gasteiger partial charge is 0.349 e. The topological polar surface area (TPSA) is 55.1 Å². The molecule has 3 N–H and O–H groups in total. The van der Waals surface area contributed by atoms with Crippen molar-refractivity contribution in [2.24, 2.45) is 5.73 Å². The van der Waals surface area contributed by atoms with Crippen LogP contribution in [0.3, 0.4) is 0 Å². The van der Waals surface area contributed by atoms with E-state index in [9.17, 15) is 13.6 Å². The molecule has 0 spiro atoms. The van der Waals surface area contributed by atoms with Crippen LogP contribution in [-0.2, 0) is 0 Å². The van der Waals surface area contributed by atoms with Crippen molar-refractivity contribution in [3.05, 3.63) is 35.4 Å². The lowest BCUT2D eigenvalue weighted by Gasteiger charge is -2.13. The summed E-state index contributed by atoms with van der Waals surface area (Å²) in [6.45, 7) is 2.36. The maximum absolute atomic E-state index is 13.3. The minimum absolute atomic E-state index is 0.0875. The highest BCUT2D eigenvalue weighted by molar-refractivity contribution is 5.94. The van der Waals surface area contributed by atoms with E-state index >= 15 is 0 Å². The lowest BCUT2D eigenvalue weighted by molar-refractivity contribution is 0.0934. The zero-order chi connectivity index (χ0) is 12.8. The fraction of sp³-hybridized carbons (Fsp3) is 0.417. The Kier molecular flexibility index (Phi) is 5.03. The average molecular weight is 242 g/mol. The molecule has 1 atom stereocenters. The lowest BCUT2D eigenvalue weighted by atomic mass is 10.1. The van der Waals surface area contributed by atoms with Crippen molar-refractivity contribution >= 4 is 5.91 Å². The number of nitrogens with one attached hydrogen (secondary N) is 1. The molecule has 1 amide bonds. The van der Waals surface area contributed by atoms with Crippen LogP contribution in [0.25, 0.3) is 0 Å². The average Bonchev–Trinajstić information content (AvgIpc) is 2.26. The molecule has 1 unspecified atom stereocenters. The molecule has 1 aromatic rings. The molecule has 1 aromatic carbocycles. The third-order valence-electron chi connectivity index (χ3n) is 2.39. The number of rotatable bonds is 5. The van der Waals surface area contributed by atoms with E-state index in [4.69, 9.17) is 5.73 Å². The number of carbonyl (C=O) groups excluding carboxylic acids is 1. The molecular formula is C12H16F2N2O. The molecule has 0 aliphatic carbocycles. The van der Waals surface area contributed by atoms with E-state index in [2.05, 4.69) is 5.32 Å². The SMILES string of the molecule is CC(CCCN)NC(=O)c1ccc(F)cc1F. The van der Waals surface area contributed by atoms with Crippen molar-refractivity contribution < 1.29 is 13.6 Å². The van der Waals surface area contributed by atoms with Crippen LogP contribution in [0.15, 0.2) is 18.2 Å². The molecule has 0 aromatic heterocycles. The molecule has 0 bridgehead atoms. The third kappa shape index (κ3) is 4.11. The molecule has 0 aliphatic heterocycles. The summed E-state index contributed by atoms with van der Waals surface area (Å²) in [4.78, 5) is 11.6. The monoisotopic (exact) mass is 242 g/mol. The number of nitrogens with two attached hydrogens (primary N) is 1. The van der Waals surface area contributed by atoms with Gasteiger partial charge in [-0.3, -0.25) is 4.79 Å². The normalized spacial score (nSPS) is 12.2. The van der Waals surface area contributed by atoms with E-state index in [1.54, 1.807) is 0 Å². The van der Waals surface area contributed by atoms with Crippen LogP contribution < -0.4 is 11.1 Å². The van der Waals surface area contributed by atoms with E-state index in [1.807, 2.05) is 6.92 Å². The minimum atomic E-state index is -0.853. The van der Waals surface area contributed by atoms with Gasteiger partial charge in [0.1, 0.15) is 11.6 Å². The van der Waals surface area contributed by atoms with Crippen molar-refractivity contribution in [3.63, 3.8) is 0 Å². The van der Waals surface area contributed by atoms with Crippen molar-refractivity contribution in [2.75, 3.05) is 6.54 Å². The maximum atomic E-state index is 13.3. The Hall–Kier alpha value is -1.49. The van der Waals surface area contributed by atoms with E-state index < -0.39 is 17.5 Å².